The number of carbonyl (C=O) groups is 1. The maximum absolute atomic E-state index is 12.3. The van der Waals surface area contributed by atoms with Crippen molar-refractivity contribution in [3.05, 3.63) is 53.6 Å². The first-order valence-corrected chi connectivity index (χ1v) is 5.78. The molecular formula is C15H8F3NO2. The quantitative estimate of drug-likeness (QED) is 0.805. The lowest BCUT2D eigenvalue weighted by Gasteiger charge is -2.12. The minimum atomic E-state index is -4.87. The van der Waals surface area contributed by atoms with Crippen molar-refractivity contribution in [2.75, 3.05) is 0 Å². The smallest absolute Gasteiger partial charge is 0.404 e. The van der Waals surface area contributed by atoms with Crippen LogP contribution in [-0.4, -0.2) is 12.6 Å². The van der Waals surface area contributed by atoms with E-state index in [1.54, 1.807) is 30.3 Å². The van der Waals surface area contributed by atoms with Gasteiger partial charge in [-0.25, -0.2) is 0 Å². The molecule has 6 heteroatoms. The summed E-state index contributed by atoms with van der Waals surface area (Å²) >= 11 is 0. The Hall–Kier alpha value is -2.81. The van der Waals surface area contributed by atoms with E-state index < -0.39 is 12.1 Å². The van der Waals surface area contributed by atoms with E-state index in [4.69, 9.17) is 5.26 Å². The van der Waals surface area contributed by atoms with Crippen molar-refractivity contribution in [1.82, 2.24) is 0 Å². The Kier molecular flexibility index (Phi) is 3.94. The van der Waals surface area contributed by atoms with Crippen molar-refractivity contribution in [3.63, 3.8) is 0 Å². The fourth-order valence-corrected chi connectivity index (χ4v) is 1.76. The molecule has 0 unspecified atom stereocenters. The highest BCUT2D eigenvalue weighted by Crippen LogP contribution is 2.31. The lowest BCUT2D eigenvalue weighted by atomic mass is 10.0. The Balaban J connectivity index is 2.43. The van der Waals surface area contributed by atoms with E-state index in [2.05, 4.69) is 4.74 Å². The molecule has 2 rings (SSSR count). The molecule has 0 heterocycles. The van der Waals surface area contributed by atoms with Gasteiger partial charge in [0.25, 0.3) is 0 Å². The van der Waals surface area contributed by atoms with E-state index in [-0.39, 0.29) is 5.56 Å². The largest absolute Gasteiger partial charge is 0.573 e. The minimum Gasteiger partial charge on any atom is -0.404 e. The van der Waals surface area contributed by atoms with Crippen molar-refractivity contribution in [2.24, 2.45) is 0 Å². The standard InChI is InChI=1S/C15H8F3NO2/c16-15(17,18)21-14-7-12(5-6-13(14)8-19)11-3-1-10(9-20)2-4-11/h1-7,9H. The van der Waals surface area contributed by atoms with Crippen LogP contribution in [0.2, 0.25) is 0 Å². The van der Waals surface area contributed by atoms with Crippen molar-refractivity contribution in [3.8, 4) is 22.9 Å². The molecule has 0 saturated carbocycles. The predicted octanol–water partition coefficient (Wildman–Crippen LogP) is 3.94. The van der Waals surface area contributed by atoms with Crippen LogP contribution in [0.25, 0.3) is 11.1 Å². The van der Waals surface area contributed by atoms with Gasteiger partial charge in [0.1, 0.15) is 18.1 Å². The highest BCUT2D eigenvalue weighted by molar-refractivity contribution is 5.77. The summed E-state index contributed by atoms with van der Waals surface area (Å²) in [7, 11) is 0. The van der Waals surface area contributed by atoms with Crippen molar-refractivity contribution < 1.29 is 22.7 Å². The van der Waals surface area contributed by atoms with E-state index in [9.17, 15) is 18.0 Å². The maximum Gasteiger partial charge on any atom is 0.573 e. The number of ether oxygens (including phenoxy) is 1. The zero-order chi connectivity index (χ0) is 15.5. The minimum absolute atomic E-state index is 0.208. The monoisotopic (exact) mass is 291 g/mol. The van der Waals surface area contributed by atoms with Gasteiger partial charge in [0, 0.05) is 5.56 Å². The lowest BCUT2D eigenvalue weighted by Crippen LogP contribution is -2.17. The van der Waals surface area contributed by atoms with Gasteiger partial charge in [-0.05, 0) is 23.3 Å². The molecule has 0 atom stereocenters. The second-order valence-corrected chi connectivity index (χ2v) is 4.11. The van der Waals surface area contributed by atoms with Gasteiger partial charge >= 0.3 is 6.36 Å². The second-order valence-electron chi connectivity index (χ2n) is 4.11. The third-order valence-corrected chi connectivity index (χ3v) is 2.71. The maximum atomic E-state index is 12.3. The van der Waals surface area contributed by atoms with Crippen LogP contribution in [-0.2, 0) is 0 Å². The van der Waals surface area contributed by atoms with Crippen LogP contribution in [0.3, 0.4) is 0 Å². The number of carbonyl (C=O) groups excluding carboxylic acids is 1. The van der Waals surface area contributed by atoms with Crippen LogP contribution in [0.5, 0.6) is 5.75 Å². The summed E-state index contributed by atoms with van der Waals surface area (Å²) in [6.07, 6.45) is -4.20. The van der Waals surface area contributed by atoms with Crippen LogP contribution in [0.1, 0.15) is 15.9 Å². The van der Waals surface area contributed by atoms with Gasteiger partial charge in [-0.1, -0.05) is 30.3 Å². The first kappa shape index (κ1) is 14.6. The van der Waals surface area contributed by atoms with Crippen LogP contribution in [0, 0.1) is 11.3 Å². The number of halogens is 3. The van der Waals surface area contributed by atoms with Crippen LogP contribution >= 0.6 is 0 Å². The van der Waals surface area contributed by atoms with Gasteiger partial charge in [-0.15, -0.1) is 13.2 Å². The van der Waals surface area contributed by atoms with Gasteiger partial charge in [0.2, 0.25) is 0 Å². The average molecular weight is 291 g/mol. The zero-order valence-corrected chi connectivity index (χ0v) is 10.5. The molecule has 0 saturated heterocycles. The van der Waals surface area contributed by atoms with Crippen molar-refractivity contribution >= 4 is 6.29 Å². The molecule has 21 heavy (non-hydrogen) atoms. The van der Waals surface area contributed by atoms with E-state index in [0.717, 1.165) is 6.07 Å². The molecule has 0 aliphatic rings. The van der Waals surface area contributed by atoms with Gasteiger partial charge < -0.3 is 4.74 Å². The first-order valence-electron chi connectivity index (χ1n) is 5.78. The van der Waals surface area contributed by atoms with Gasteiger partial charge in [0.05, 0.1) is 5.56 Å². The molecule has 0 fully saturated rings. The Labute approximate surface area is 118 Å². The van der Waals surface area contributed by atoms with Crippen molar-refractivity contribution in [1.29, 1.82) is 5.26 Å². The Morgan fingerprint density at radius 3 is 2.19 bits per heavy atom. The molecule has 2 aromatic rings. The molecule has 2 aromatic carbocycles. The van der Waals surface area contributed by atoms with E-state index in [1.165, 1.54) is 12.1 Å². The van der Waals surface area contributed by atoms with E-state index in [1.807, 2.05) is 0 Å². The summed E-state index contributed by atoms with van der Waals surface area (Å²) in [5.41, 5.74) is 1.31. The fraction of sp³-hybridized carbons (Fsp3) is 0.0667. The van der Waals surface area contributed by atoms with Crippen LogP contribution in [0.15, 0.2) is 42.5 Å². The number of alkyl halides is 3. The van der Waals surface area contributed by atoms with E-state index >= 15 is 0 Å². The summed E-state index contributed by atoms with van der Waals surface area (Å²) < 4.78 is 40.8. The SMILES string of the molecule is N#Cc1ccc(-c2ccc(C=O)cc2)cc1OC(F)(F)F. The molecule has 0 aliphatic heterocycles. The van der Waals surface area contributed by atoms with Gasteiger partial charge in [-0.3, -0.25) is 4.79 Å². The number of nitriles is 1. The molecular weight excluding hydrogens is 283 g/mol. The summed E-state index contributed by atoms with van der Waals surface area (Å²) in [5.74, 6) is -0.554. The van der Waals surface area contributed by atoms with Crippen molar-refractivity contribution in [2.45, 2.75) is 6.36 Å². The lowest BCUT2D eigenvalue weighted by molar-refractivity contribution is -0.274. The number of nitrogens with zero attached hydrogens (tertiary/aromatic N) is 1. The number of benzene rings is 2. The highest BCUT2D eigenvalue weighted by Gasteiger charge is 2.32. The summed E-state index contributed by atoms with van der Waals surface area (Å²) in [5, 5.41) is 8.81. The van der Waals surface area contributed by atoms with Crippen LogP contribution in [0.4, 0.5) is 13.2 Å². The normalized spacial score (nSPS) is 10.8. The molecule has 0 spiro atoms. The van der Waals surface area contributed by atoms with Gasteiger partial charge in [-0.2, -0.15) is 5.26 Å². The molecule has 0 amide bonds. The first-order chi connectivity index (χ1) is 9.93. The molecule has 0 radical (unpaired) electrons. The molecule has 0 aromatic heterocycles. The number of rotatable bonds is 3. The summed E-state index contributed by atoms with van der Waals surface area (Å²) in [6.45, 7) is 0. The predicted molar refractivity (Wildman–Crippen MR) is 68.7 cm³/mol. The third-order valence-electron chi connectivity index (χ3n) is 2.71. The third kappa shape index (κ3) is 3.60. The second kappa shape index (κ2) is 5.67. The Morgan fingerprint density at radius 2 is 1.67 bits per heavy atom. The number of hydrogen-bond acceptors (Lipinski definition) is 3. The summed E-state index contributed by atoms with van der Waals surface area (Å²) in [4.78, 5) is 10.6. The van der Waals surface area contributed by atoms with Crippen LogP contribution < -0.4 is 4.74 Å². The molecule has 0 aliphatic carbocycles. The fourth-order valence-electron chi connectivity index (χ4n) is 1.76. The van der Waals surface area contributed by atoms with Gasteiger partial charge in [0.15, 0.2) is 0 Å². The molecule has 106 valence electrons. The summed E-state index contributed by atoms with van der Waals surface area (Å²) in [6, 6.07) is 11.8. The molecule has 0 bridgehead atoms. The Bertz CT molecular complexity index is 700. The molecule has 0 N–H and O–H groups in total. The number of aldehydes is 1. The molecule has 3 nitrogen and oxygen atoms in total. The Morgan fingerprint density at radius 1 is 1.05 bits per heavy atom. The number of hydrogen-bond donors (Lipinski definition) is 0. The zero-order valence-electron chi connectivity index (χ0n) is 10.5. The highest BCUT2D eigenvalue weighted by atomic mass is 19.4. The van der Waals surface area contributed by atoms with E-state index in [0.29, 0.717) is 23.0 Å². The topological polar surface area (TPSA) is 50.1 Å². The average Bonchev–Trinajstić information content (AvgIpc) is 2.45.